The van der Waals surface area contributed by atoms with Crippen molar-refractivity contribution in [1.29, 1.82) is 0 Å². The highest BCUT2D eigenvalue weighted by molar-refractivity contribution is 9.10. The van der Waals surface area contributed by atoms with Gasteiger partial charge in [0, 0.05) is 28.2 Å². The van der Waals surface area contributed by atoms with Crippen molar-refractivity contribution in [3.8, 4) is 0 Å². The molecule has 0 saturated heterocycles. The molecule has 0 radical (unpaired) electrons. The number of aromatic nitrogens is 3. The van der Waals surface area contributed by atoms with E-state index in [-0.39, 0.29) is 11.5 Å². The molecule has 2 rings (SSSR count). The molecule has 2 aromatic rings. The Bertz CT molecular complexity index is 574. The minimum Gasteiger partial charge on any atom is -0.309 e. The first-order chi connectivity index (χ1) is 9.91. The van der Waals surface area contributed by atoms with Crippen LogP contribution in [0, 0.1) is 0 Å². The van der Waals surface area contributed by atoms with Crippen molar-refractivity contribution in [3.63, 3.8) is 0 Å². The highest BCUT2D eigenvalue weighted by Crippen LogP contribution is 2.31. The van der Waals surface area contributed by atoms with Crippen LogP contribution in [0.4, 0.5) is 0 Å². The van der Waals surface area contributed by atoms with Gasteiger partial charge in [0.15, 0.2) is 0 Å². The number of nitrogens with zero attached hydrogens (tertiary/aromatic N) is 3. The summed E-state index contributed by atoms with van der Waals surface area (Å²) in [7, 11) is 0. The number of hydrogen-bond donors (Lipinski definition) is 1. The van der Waals surface area contributed by atoms with Crippen molar-refractivity contribution < 1.29 is 0 Å². The van der Waals surface area contributed by atoms with E-state index in [1.54, 1.807) is 0 Å². The van der Waals surface area contributed by atoms with Crippen molar-refractivity contribution >= 4 is 27.5 Å². The van der Waals surface area contributed by atoms with Gasteiger partial charge in [-0.3, -0.25) is 4.98 Å². The van der Waals surface area contributed by atoms with Crippen molar-refractivity contribution in [3.05, 3.63) is 39.1 Å². The molecule has 0 aliphatic carbocycles. The molecule has 0 amide bonds. The highest BCUT2D eigenvalue weighted by Gasteiger charge is 2.27. The Balaban J connectivity index is 2.27. The molecule has 0 aliphatic heterocycles. The maximum absolute atomic E-state index is 4.48. The van der Waals surface area contributed by atoms with E-state index in [1.807, 2.05) is 12.3 Å². The Kier molecular flexibility index (Phi) is 5.46. The normalized spacial score (nSPS) is 13.4. The fourth-order valence-electron chi connectivity index (χ4n) is 2.19. The lowest BCUT2D eigenvalue weighted by Crippen LogP contribution is -2.26. The average Bonchev–Trinajstić information content (AvgIpc) is 2.90. The maximum Gasteiger partial charge on any atom is 0.0857 e. The molecule has 2 heterocycles. The summed E-state index contributed by atoms with van der Waals surface area (Å²) in [5.41, 5.74) is 2.15. The van der Waals surface area contributed by atoms with Gasteiger partial charge in [-0.05, 0) is 46.1 Å². The van der Waals surface area contributed by atoms with Crippen LogP contribution in [0.5, 0.6) is 0 Å². The summed E-state index contributed by atoms with van der Waals surface area (Å²) in [6, 6.07) is 4.29. The van der Waals surface area contributed by atoms with Crippen molar-refractivity contribution in [2.75, 3.05) is 6.54 Å². The van der Waals surface area contributed by atoms with E-state index in [0.29, 0.717) is 0 Å². The second-order valence-corrected chi connectivity index (χ2v) is 7.72. The predicted molar refractivity (Wildman–Crippen MR) is 90.7 cm³/mol. The smallest absolute Gasteiger partial charge is 0.0857 e. The van der Waals surface area contributed by atoms with Gasteiger partial charge in [-0.25, -0.2) is 0 Å². The average molecular weight is 369 g/mol. The Morgan fingerprint density at radius 2 is 2.10 bits per heavy atom. The number of rotatable bonds is 5. The van der Waals surface area contributed by atoms with Crippen molar-refractivity contribution in [2.45, 2.75) is 45.6 Å². The van der Waals surface area contributed by atoms with E-state index < -0.39 is 0 Å². The van der Waals surface area contributed by atoms with Crippen LogP contribution in [0.15, 0.2) is 22.8 Å². The molecule has 6 heteroatoms. The molecule has 21 heavy (non-hydrogen) atoms. The quantitative estimate of drug-likeness (QED) is 0.869. The predicted octanol–water partition coefficient (Wildman–Crippen LogP) is 3.89. The molecule has 0 aromatic carbocycles. The number of likely N-dealkylation sites (N-methyl/N-ethyl adjacent to an activating group) is 1. The first-order valence-corrected chi connectivity index (χ1v) is 8.65. The Morgan fingerprint density at radius 3 is 2.67 bits per heavy atom. The molecule has 0 spiro atoms. The zero-order valence-corrected chi connectivity index (χ0v) is 15.3. The van der Waals surface area contributed by atoms with Gasteiger partial charge in [0.05, 0.1) is 16.6 Å². The summed E-state index contributed by atoms with van der Waals surface area (Å²) in [6.07, 6.45) is 2.68. The maximum atomic E-state index is 4.48. The summed E-state index contributed by atoms with van der Waals surface area (Å²) in [5.74, 6) is 0. The first-order valence-electron chi connectivity index (χ1n) is 7.08. The monoisotopic (exact) mass is 368 g/mol. The number of nitrogens with one attached hydrogen (secondary N) is 1. The fourth-order valence-corrected chi connectivity index (χ4v) is 3.36. The zero-order valence-electron chi connectivity index (χ0n) is 12.9. The van der Waals surface area contributed by atoms with Crippen LogP contribution in [-0.2, 0) is 11.8 Å². The second-order valence-electron chi connectivity index (χ2n) is 6.02. The van der Waals surface area contributed by atoms with E-state index in [2.05, 4.69) is 69.6 Å². The lowest BCUT2D eigenvalue weighted by atomic mass is 9.89. The zero-order chi connectivity index (χ0) is 15.5. The molecule has 0 bridgehead atoms. The van der Waals surface area contributed by atoms with E-state index >= 15 is 0 Å². The third kappa shape index (κ3) is 4.31. The van der Waals surface area contributed by atoms with Gasteiger partial charge in [-0.1, -0.05) is 32.2 Å². The molecule has 2 aromatic heterocycles. The van der Waals surface area contributed by atoms with Gasteiger partial charge in [0.2, 0.25) is 0 Å². The minimum atomic E-state index is 0.00312. The fraction of sp³-hybridized carbons (Fsp3) is 0.533. The summed E-state index contributed by atoms with van der Waals surface area (Å²) in [5, 5.41) is 7.89. The summed E-state index contributed by atoms with van der Waals surface area (Å²) in [6.45, 7) is 9.55. The van der Waals surface area contributed by atoms with Gasteiger partial charge < -0.3 is 5.32 Å². The molecular formula is C15H21BrN4S. The SMILES string of the molecule is CCNC(Cc1ccc(Br)cn1)c1snnc1C(C)(C)C. The van der Waals surface area contributed by atoms with Crippen LogP contribution in [0.2, 0.25) is 0 Å². The van der Waals surface area contributed by atoms with E-state index in [0.717, 1.165) is 28.8 Å². The molecule has 0 aliphatic rings. The summed E-state index contributed by atoms with van der Waals surface area (Å²) in [4.78, 5) is 5.70. The molecule has 0 fully saturated rings. The molecule has 1 atom stereocenters. The topological polar surface area (TPSA) is 50.7 Å². The van der Waals surface area contributed by atoms with Crippen LogP contribution in [-0.4, -0.2) is 21.1 Å². The largest absolute Gasteiger partial charge is 0.309 e. The molecule has 1 N–H and O–H groups in total. The summed E-state index contributed by atoms with van der Waals surface area (Å²) >= 11 is 4.91. The third-order valence-corrected chi connectivity index (χ3v) is 4.50. The van der Waals surface area contributed by atoms with Crippen LogP contribution in [0.1, 0.15) is 50.0 Å². The van der Waals surface area contributed by atoms with Crippen molar-refractivity contribution in [2.24, 2.45) is 0 Å². The van der Waals surface area contributed by atoms with Gasteiger partial charge in [0.25, 0.3) is 0 Å². The lowest BCUT2D eigenvalue weighted by Gasteiger charge is -2.22. The van der Waals surface area contributed by atoms with Crippen molar-refractivity contribution in [1.82, 2.24) is 19.9 Å². The first kappa shape index (κ1) is 16.5. The highest BCUT2D eigenvalue weighted by atomic mass is 79.9. The van der Waals surface area contributed by atoms with Gasteiger partial charge in [-0.15, -0.1) is 5.10 Å². The van der Waals surface area contributed by atoms with E-state index in [1.165, 1.54) is 16.4 Å². The molecule has 4 nitrogen and oxygen atoms in total. The Labute approximate surface area is 138 Å². The number of pyridine rings is 1. The van der Waals surface area contributed by atoms with Gasteiger partial charge in [0.1, 0.15) is 0 Å². The Morgan fingerprint density at radius 1 is 1.33 bits per heavy atom. The third-order valence-electron chi connectivity index (χ3n) is 3.19. The van der Waals surface area contributed by atoms with Crippen LogP contribution in [0.3, 0.4) is 0 Å². The second kappa shape index (κ2) is 6.94. The molecule has 1 unspecified atom stereocenters. The van der Waals surface area contributed by atoms with Gasteiger partial charge >= 0.3 is 0 Å². The Hall–Kier alpha value is -0.850. The van der Waals surface area contributed by atoms with Crippen LogP contribution < -0.4 is 5.32 Å². The van der Waals surface area contributed by atoms with Crippen LogP contribution in [0.25, 0.3) is 0 Å². The van der Waals surface area contributed by atoms with E-state index in [4.69, 9.17) is 0 Å². The van der Waals surface area contributed by atoms with E-state index in [9.17, 15) is 0 Å². The minimum absolute atomic E-state index is 0.00312. The van der Waals surface area contributed by atoms with Gasteiger partial charge in [-0.2, -0.15) is 0 Å². The molecule has 114 valence electrons. The lowest BCUT2D eigenvalue weighted by molar-refractivity contribution is 0.512. The molecule has 0 saturated carbocycles. The standard InChI is InChI=1S/C15H21BrN4S/c1-5-17-12(8-11-7-6-10(16)9-18-11)13-14(15(2,3)4)19-20-21-13/h6-7,9,12,17H,5,8H2,1-4H3. The van der Waals surface area contributed by atoms with Crippen LogP contribution >= 0.6 is 27.5 Å². The number of hydrogen-bond acceptors (Lipinski definition) is 5. The summed E-state index contributed by atoms with van der Waals surface area (Å²) < 4.78 is 5.17. The number of halogens is 1. The molecular weight excluding hydrogens is 348 g/mol.